The Morgan fingerprint density at radius 1 is 1.10 bits per heavy atom. The van der Waals surface area contributed by atoms with Gasteiger partial charge >= 0.3 is 0 Å². The zero-order valence-electron chi connectivity index (χ0n) is 12.5. The number of amides is 2. The maximum atomic E-state index is 11.5. The third kappa shape index (κ3) is 7.94. The first-order valence-electron chi connectivity index (χ1n) is 6.83. The molecule has 1 aromatic rings. The molecule has 116 valence electrons. The molecule has 0 aromatic heterocycles. The Morgan fingerprint density at radius 2 is 1.81 bits per heavy atom. The zero-order chi connectivity index (χ0) is 15.5. The van der Waals surface area contributed by atoms with Crippen molar-refractivity contribution in [1.29, 1.82) is 0 Å². The number of hydrogen-bond donors (Lipinski definition) is 2. The van der Waals surface area contributed by atoms with Gasteiger partial charge in [0.25, 0.3) is 5.91 Å². The highest BCUT2D eigenvalue weighted by atomic mass is 16.5. The molecule has 0 fully saturated rings. The SMILES string of the molecule is COCCCNC(=O)CNC(=O)COc1ccc(C)cc1. The van der Waals surface area contributed by atoms with Crippen molar-refractivity contribution in [2.45, 2.75) is 13.3 Å². The molecule has 6 nitrogen and oxygen atoms in total. The number of carbonyl (C=O) groups excluding carboxylic acids is 2. The Hall–Kier alpha value is -2.08. The van der Waals surface area contributed by atoms with E-state index in [1.807, 2.05) is 19.1 Å². The number of nitrogens with one attached hydrogen (secondary N) is 2. The van der Waals surface area contributed by atoms with Crippen molar-refractivity contribution in [1.82, 2.24) is 10.6 Å². The molecule has 2 amide bonds. The van der Waals surface area contributed by atoms with E-state index < -0.39 is 0 Å². The summed E-state index contributed by atoms with van der Waals surface area (Å²) >= 11 is 0. The van der Waals surface area contributed by atoms with Gasteiger partial charge < -0.3 is 20.1 Å². The van der Waals surface area contributed by atoms with E-state index in [1.165, 1.54) is 0 Å². The minimum atomic E-state index is -0.331. The molecule has 6 heteroatoms. The van der Waals surface area contributed by atoms with Crippen LogP contribution in [0.2, 0.25) is 0 Å². The molecular formula is C15H22N2O4. The second kappa shape index (κ2) is 9.77. The minimum absolute atomic E-state index is 0.0525. The van der Waals surface area contributed by atoms with Crippen LogP contribution in [0.4, 0.5) is 0 Å². The van der Waals surface area contributed by atoms with Crippen molar-refractivity contribution < 1.29 is 19.1 Å². The summed E-state index contributed by atoms with van der Waals surface area (Å²) in [6.45, 7) is 2.93. The molecule has 0 aliphatic heterocycles. The van der Waals surface area contributed by atoms with Gasteiger partial charge in [0, 0.05) is 20.3 Å². The molecule has 1 rings (SSSR count). The standard InChI is InChI=1S/C15H22N2O4/c1-12-4-6-13(7-5-12)21-11-15(19)17-10-14(18)16-8-3-9-20-2/h4-7H,3,8-11H2,1-2H3,(H,16,18)(H,17,19). The number of ether oxygens (including phenoxy) is 2. The molecule has 0 radical (unpaired) electrons. The quantitative estimate of drug-likeness (QED) is 0.655. The summed E-state index contributed by atoms with van der Waals surface area (Å²) in [5, 5.41) is 5.18. The van der Waals surface area contributed by atoms with Crippen molar-refractivity contribution in [3.8, 4) is 5.75 Å². The number of aryl methyl sites for hydroxylation is 1. The van der Waals surface area contributed by atoms with Gasteiger partial charge in [-0.3, -0.25) is 9.59 Å². The van der Waals surface area contributed by atoms with E-state index in [-0.39, 0.29) is 25.0 Å². The Bertz CT molecular complexity index is 445. The molecule has 0 bridgehead atoms. The lowest BCUT2D eigenvalue weighted by atomic mass is 10.2. The Labute approximate surface area is 124 Å². The zero-order valence-corrected chi connectivity index (χ0v) is 12.5. The van der Waals surface area contributed by atoms with Gasteiger partial charge in [-0.25, -0.2) is 0 Å². The fourth-order valence-electron chi connectivity index (χ4n) is 1.52. The minimum Gasteiger partial charge on any atom is -0.484 e. The predicted molar refractivity (Wildman–Crippen MR) is 79.2 cm³/mol. The number of methoxy groups -OCH3 is 1. The number of carbonyl (C=O) groups is 2. The molecule has 0 aliphatic rings. The van der Waals surface area contributed by atoms with Gasteiger partial charge in [0.05, 0.1) is 6.54 Å². The summed E-state index contributed by atoms with van der Waals surface area (Å²) in [7, 11) is 1.61. The average Bonchev–Trinajstić information content (AvgIpc) is 2.49. The summed E-state index contributed by atoms with van der Waals surface area (Å²) < 4.78 is 10.2. The average molecular weight is 294 g/mol. The lowest BCUT2D eigenvalue weighted by Gasteiger charge is -2.08. The van der Waals surface area contributed by atoms with E-state index in [0.29, 0.717) is 18.9 Å². The van der Waals surface area contributed by atoms with Crippen LogP contribution in [0.5, 0.6) is 5.75 Å². The molecule has 21 heavy (non-hydrogen) atoms. The van der Waals surface area contributed by atoms with Gasteiger partial charge in [-0.1, -0.05) is 17.7 Å². The molecule has 0 atom stereocenters. The fourth-order valence-corrected chi connectivity index (χ4v) is 1.52. The number of hydrogen-bond acceptors (Lipinski definition) is 4. The highest BCUT2D eigenvalue weighted by Gasteiger charge is 2.06. The van der Waals surface area contributed by atoms with Gasteiger partial charge in [0.1, 0.15) is 5.75 Å². The van der Waals surface area contributed by atoms with Crippen LogP contribution in [0.1, 0.15) is 12.0 Å². The second-order valence-corrected chi connectivity index (χ2v) is 4.57. The first kappa shape index (κ1) is 17.0. The van der Waals surface area contributed by atoms with Gasteiger partial charge in [0.15, 0.2) is 6.61 Å². The number of benzene rings is 1. The van der Waals surface area contributed by atoms with Crippen LogP contribution >= 0.6 is 0 Å². The van der Waals surface area contributed by atoms with Crippen LogP contribution in [0.25, 0.3) is 0 Å². The molecule has 0 saturated heterocycles. The van der Waals surface area contributed by atoms with Gasteiger partial charge in [-0.15, -0.1) is 0 Å². The summed E-state index contributed by atoms with van der Waals surface area (Å²) in [5.74, 6) is 0.0668. The fraction of sp³-hybridized carbons (Fsp3) is 0.467. The highest BCUT2D eigenvalue weighted by molar-refractivity contribution is 5.85. The topological polar surface area (TPSA) is 76.7 Å². The first-order valence-corrected chi connectivity index (χ1v) is 6.83. The molecule has 0 heterocycles. The maximum Gasteiger partial charge on any atom is 0.258 e. The molecule has 0 unspecified atom stereocenters. The smallest absolute Gasteiger partial charge is 0.258 e. The summed E-state index contributed by atoms with van der Waals surface area (Å²) in [6, 6.07) is 7.40. The summed E-state index contributed by atoms with van der Waals surface area (Å²) in [5.41, 5.74) is 1.12. The summed E-state index contributed by atoms with van der Waals surface area (Å²) in [6.07, 6.45) is 0.743. The van der Waals surface area contributed by atoms with Crippen molar-refractivity contribution in [3.05, 3.63) is 29.8 Å². The van der Waals surface area contributed by atoms with Gasteiger partial charge in [-0.2, -0.15) is 0 Å². The van der Waals surface area contributed by atoms with E-state index in [4.69, 9.17) is 9.47 Å². The van der Waals surface area contributed by atoms with E-state index in [1.54, 1.807) is 19.2 Å². The van der Waals surface area contributed by atoms with E-state index >= 15 is 0 Å². The maximum absolute atomic E-state index is 11.5. The molecule has 1 aromatic carbocycles. The normalized spacial score (nSPS) is 10.0. The third-order valence-electron chi connectivity index (χ3n) is 2.68. The molecule has 0 spiro atoms. The van der Waals surface area contributed by atoms with Crippen LogP contribution in [0.3, 0.4) is 0 Å². The predicted octanol–water partition coefficient (Wildman–Crippen LogP) is 0.643. The van der Waals surface area contributed by atoms with Gasteiger partial charge in [0.2, 0.25) is 5.91 Å². The third-order valence-corrected chi connectivity index (χ3v) is 2.68. The van der Waals surface area contributed by atoms with Crippen LogP contribution in [0.15, 0.2) is 24.3 Å². The molecule has 0 aliphatic carbocycles. The largest absolute Gasteiger partial charge is 0.484 e. The first-order chi connectivity index (χ1) is 10.1. The van der Waals surface area contributed by atoms with Crippen LogP contribution < -0.4 is 15.4 Å². The van der Waals surface area contributed by atoms with Crippen molar-refractivity contribution in [2.75, 3.05) is 33.4 Å². The lowest BCUT2D eigenvalue weighted by Crippen LogP contribution is -2.39. The van der Waals surface area contributed by atoms with E-state index in [2.05, 4.69) is 10.6 Å². The van der Waals surface area contributed by atoms with Crippen LogP contribution in [-0.4, -0.2) is 45.2 Å². The monoisotopic (exact) mass is 294 g/mol. The Balaban J connectivity index is 2.13. The van der Waals surface area contributed by atoms with Crippen LogP contribution in [-0.2, 0) is 14.3 Å². The van der Waals surface area contributed by atoms with E-state index in [0.717, 1.165) is 12.0 Å². The number of rotatable bonds is 9. The van der Waals surface area contributed by atoms with E-state index in [9.17, 15) is 9.59 Å². The Kier molecular flexibility index (Phi) is 7.89. The van der Waals surface area contributed by atoms with Crippen LogP contribution in [0, 0.1) is 6.92 Å². The van der Waals surface area contributed by atoms with Crippen molar-refractivity contribution >= 4 is 11.8 Å². The lowest BCUT2D eigenvalue weighted by molar-refractivity contribution is -0.127. The molecule has 2 N–H and O–H groups in total. The second-order valence-electron chi connectivity index (χ2n) is 4.57. The molecular weight excluding hydrogens is 272 g/mol. The molecule has 0 saturated carbocycles. The van der Waals surface area contributed by atoms with Crippen molar-refractivity contribution in [2.24, 2.45) is 0 Å². The van der Waals surface area contributed by atoms with Crippen molar-refractivity contribution in [3.63, 3.8) is 0 Å². The Morgan fingerprint density at radius 3 is 2.48 bits per heavy atom. The highest BCUT2D eigenvalue weighted by Crippen LogP contribution is 2.10. The van der Waals surface area contributed by atoms with Gasteiger partial charge in [-0.05, 0) is 25.5 Å². The summed E-state index contributed by atoms with van der Waals surface area (Å²) in [4.78, 5) is 22.9.